The fourth-order valence-corrected chi connectivity index (χ4v) is 6.02. The molecule has 9 heteroatoms. The van der Waals surface area contributed by atoms with Crippen LogP contribution in [0.1, 0.15) is 74.5 Å². The molecule has 1 saturated carbocycles. The Morgan fingerprint density at radius 2 is 1.84 bits per heavy atom. The lowest BCUT2D eigenvalue weighted by Crippen LogP contribution is -2.39. The van der Waals surface area contributed by atoms with Gasteiger partial charge in [-0.15, -0.1) is 0 Å². The minimum Gasteiger partial charge on any atom is -0.338 e. The smallest absolute Gasteiger partial charge is 0.265 e. The summed E-state index contributed by atoms with van der Waals surface area (Å²) in [5, 5.41) is 4.77. The molecule has 2 aliphatic rings. The van der Waals surface area contributed by atoms with Gasteiger partial charge in [-0.1, -0.05) is 31.4 Å². The molecule has 1 atom stereocenters. The summed E-state index contributed by atoms with van der Waals surface area (Å²) < 4.78 is 32.3. The Labute approximate surface area is 214 Å². The number of rotatable bonds is 4. The third-order valence-electron chi connectivity index (χ3n) is 7.87. The lowest BCUT2D eigenvalue weighted by atomic mass is 9.88. The van der Waals surface area contributed by atoms with Gasteiger partial charge in [0.05, 0.1) is 35.3 Å². The molecule has 4 aromatic rings. The van der Waals surface area contributed by atoms with Crippen molar-refractivity contribution in [2.45, 2.75) is 64.0 Å². The predicted octanol–water partition coefficient (Wildman–Crippen LogP) is 6.02. The van der Waals surface area contributed by atoms with E-state index in [1.807, 2.05) is 25.1 Å². The number of hydrogen-bond donors (Lipinski definition) is 0. The van der Waals surface area contributed by atoms with Crippen LogP contribution >= 0.6 is 0 Å². The lowest BCUT2D eigenvalue weighted by molar-refractivity contribution is -0.135. The molecule has 7 nitrogen and oxygen atoms in total. The van der Waals surface area contributed by atoms with E-state index >= 15 is 0 Å². The van der Waals surface area contributed by atoms with Crippen molar-refractivity contribution < 1.29 is 13.6 Å². The van der Waals surface area contributed by atoms with Crippen molar-refractivity contribution in [1.82, 2.24) is 29.2 Å². The second-order valence-corrected chi connectivity index (χ2v) is 10.3. The number of carbonyl (C=O) groups excluding carboxylic acids is 1. The van der Waals surface area contributed by atoms with E-state index in [2.05, 4.69) is 14.6 Å². The van der Waals surface area contributed by atoms with Gasteiger partial charge in [-0.25, -0.2) is 18.7 Å². The minimum absolute atomic E-state index is 0.0641. The molecular formula is C28H30F2N6O. The number of pyridine rings is 1. The monoisotopic (exact) mass is 504 g/mol. The Bertz CT molecular complexity index is 1500. The van der Waals surface area contributed by atoms with E-state index < -0.39 is 6.43 Å². The summed E-state index contributed by atoms with van der Waals surface area (Å²) in [5.41, 5.74) is 3.76. The van der Waals surface area contributed by atoms with E-state index in [4.69, 9.17) is 4.98 Å². The number of amides is 1. The number of alkyl halides is 2. The number of imidazole rings is 1. The maximum absolute atomic E-state index is 14.3. The van der Waals surface area contributed by atoms with Crippen LogP contribution in [0, 0.1) is 0 Å². The van der Waals surface area contributed by atoms with Gasteiger partial charge in [-0.3, -0.25) is 9.48 Å². The number of benzene rings is 1. The molecule has 192 valence electrons. The highest BCUT2D eigenvalue weighted by molar-refractivity contribution is 5.96. The summed E-state index contributed by atoms with van der Waals surface area (Å²) in [5.74, 6) is 1.31. The van der Waals surface area contributed by atoms with Crippen molar-refractivity contribution in [3.63, 3.8) is 0 Å². The SMILES string of the molecule is C[C@H]1C(=O)N(C)Cc2c(-c3cccc4nc(-c5cnn(C)c5)c(C(F)F)cc34)nc(C3CCCCC3)n21. The molecule has 1 aliphatic carbocycles. The standard InChI is InChI=1S/C28H30F2N6O/c1-16-28(37)34(2)15-23-25(33-27(36(16)23)17-8-5-4-6-9-17)19-10-7-11-22-20(19)12-21(26(29)30)24(32-22)18-13-31-35(3)14-18/h7,10-14,16-17,26H,4-6,8-9,15H2,1-3H3/t16-/m0/s1. The normalized spacial score (nSPS) is 18.7. The number of fused-ring (bicyclic) bond motifs is 2. The van der Waals surface area contributed by atoms with Crippen molar-refractivity contribution in [1.29, 1.82) is 0 Å². The molecule has 0 bridgehead atoms. The summed E-state index contributed by atoms with van der Waals surface area (Å²) in [7, 11) is 3.55. The van der Waals surface area contributed by atoms with Crippen LogP contribution < -0.4 is 0 Å². The molecule has 37 heavy (non-hydrogen) atoms. The first-order valence-electron chi connectivity index (χ1n) is 12.9. The van der Waals surface area contributed by atoms with Crippen LogP contribution in [-0.2, 0) is 18.4 Å². The van der Waals surface area contributed by atoms with E-state index in [1.54, 1.807) is 42.1 Å². The minimum atomic E-state index is -2.70. The first-order valence-corrected chi connectivity index (χ1v) is 12.9. The van der Waals surface area contributed by atoms with Crippen molar-refractivity contribution in [3.05, 3.63) is 53.7 Å². The first-order chi connectivity index (χ1) is 17.8. The molecule has 0 radical (unpaired) electrons. The fourth-order valence-electron chi connectivity index (χ4n) is 6.02. The summed E-state index contributed by atoms with van der Waals surface area (Å²) >= 11 is 0. The van der Waals surface area contributed by atoms with E-state index in [0.29, 0.717) is 28.9 Å². The summed E-state index contributed by atoms with van der Waals surface area (Å²) in [6.45, 7) is 2.36. The molecule has 0 N–H and O–H groups in total. The number of likely N-dealkylation sites (N-methyl/N-ethyl adjacent to an activating group) is 1. The lowest BCUT2D eigenvalue weighted by Gasteiger charge is -2.32. The van der Waals surface area contributed by atoms with Crippen LogP contribution in [0.5, 0.6) is 0 Å². The highest BCUT2D eigenvalue weighted by Gasteiger charge is 2.36. The second kappa shape index (κ2) is 9.04. The van der Waals surface area contributed by atoms with Crippen LogP contribution in [0.2, 0.25) is 0 Å². The molecule has 1 fully saturated rings. The average molecular weight is 505 g/mol. The van der Waals surface area contributed by atoms with E-state index in [0.717, 1.165) is 48.5 Å². The Hall–Kier alpha value is -3.62. The Balaban J connectivity index is 1.58. The molecule has 6 rings (SSSR count). The molecule has 4 heterocycles. The van der Waals surface area contributed by atoms with E-state index in [1.165, 1.54) is 6.42 Å². The molecule has 1 aliphatic heterocycles. The van der Waals surface area contributed by atoms with Gasteiger partial charge in [-0.05, 0) is 31.9 Å². The zero-order valence-electron chi connectivity index (χ0n) is 21.3. The van der Waals surface area contributed by atoms with Crippen molar-refractivity contribution >= 4 is 16.8 Å². The van der Waals surface area contributed by atoms with Crippen LogP contribution in [0.3, 0.4) is 0 Å². The summed E-state index contributed by atoms with van der Waals surface area (Å²) in [6.07, 6.45) is 6.17. The highest BCUT2D eigenvalue weighted by atomic mass is 19.3. The van der Waals surface area contributed by atoms with Gasteiger partial charge >= 0.3 is 0 Å². The molecule has 0 unspecified atom stereocenters. The van der Waals surface area contributed by atoms with Gasteiger partial charge in [0.2, 0.25) is 5.91 Å². The summed E-state index contributed by atoms with van der Waals surface area (Å²) in [6, 6.07) is 6.87. The molecule has 0 saturated heterocycles. The largest absolute Gasteiger partial charge is 0.338 e. The quantitative estimate of drug-likeness (QED) is 0.341. The van der Waals surface area contributed by atoms with Crippen LogP contribution in [0.4, 0.5) is 8.78 Å². The van der Waals surface area contributed by atoms with Gasteiger partial charge in [0.25, 0.3) is 6.43 Å². The van der Waals surface area contributed by atoms with Gasteiger partial charge < -0.3 is 9.47 Å². The van der Waals surface area contributed by atoms with E-state index in [9.17, 15) is 13.6 Å². The Kier molecular flexibility index (Phi) is 5.81. The van der Waals surface area contributed by atoms with Crippen molar-refractivity contribution in [2.75, 3.05) is 7.05 Å². The Morgan fingerprint density at radius 3 is 2.54 bits per heavy atom. The topological polar surface area (TPSA) is 68.8 Å². The van der Waals surface area contributed by atoms with Crippen molar-refractivity contribution in [2.24, 2.45) is 7.05 Å². The van der Waals surface area contributed by atoms with Gasteiger partial charge in [0.15, 0.2) is 0 Å². The third-order valence-corrected chi connectivity index (χ3v) is 7.87. The number of aromatic nitrogens is 5. The first kappa shape index (κ1) is 23.8. The number of hydrogen-bond acceptors (Lipinski definition) is 4. The zero-order valence-corrected chi connectivity index (χ0v) is 21.3. The van der Waals surface area contributed by atoms with Gasteiger partial charge in [0.1, 0.15) is 11.9 Å². The van der Waals surface area contributed by atoms with Crippen LogP contribution in [0.25, 0.3) is 33.4 Å². The Morgan fingerprint density at radius 1 is 1.05 bits per heavy atom. The maximum atomic E-state index is 14.3. The molecule has 0 spiro atoms. The van der Waals surface area contributed by atoms with Gasteiger partial charge in [0, 0.05) is 48.3 Å². The molecule has 1 amide bonds. The van der Waals surface area contributed by atoms with Gasteiger partial charge in [-0.2, -0.15) is 5.10 Å². The zero-order chi connectivity index (χ0) is 25.8. The second-order valence-electron chi connectivity index (χ2n) is 10.3. The van der Waals surface area contributed by atoms with E-state index in [-0.39, 0.29) is 23.2 Å². The number of carbonyl (C=O) groups is 1. The van der Waals surface area contributed by atoms with Crippen LogP contribution in [0.15, 0.2) is 36.7 Å². The number of halogens is 2. The molecule has 3 aromatic heterocycles. The molecular weight excluding hydrogens is 474 g/mol. The average Bonchev–Trinajstić information content (AvgIpc) is 3.50. The number of nitrogens with zero attached hydrogens (tertiary/aromatic N) is 6. The highest BCUT2D eigenvalue weighted by Crippen LogP contribution is 2.42. The van der Waals surface area contributed by atoms with Crippen molar-refractivity contribution in [3.8, 4) is 22.5 Å². The number of aryl methyl sites for hydroxylation is 1. The fraction of sp³-hybridized carbons (Fsp3) is 0.429. The third kappa shape index (κ3) is 3.91. The van der Waals surface area contributed by atoms with Crippen LogP contribution in [-0.4, -0.2) is 42.2 Å². The molecule has 1 aromatic carbocycles. The maximum Gasteiger partial charge on any atom is 0.265 e. The predicted molar refractivity (Wildman–Crippen MR) is 137 cm³/mol. The summed E-state index contributed by atoms with van der Waals surface area (Å²) in [4.78, 5) is 24.5.